The van der Waals surface area contributed by atoms with E-state index in [-0.39, 0.29) is 0 Å². The van der Waals surface area contributed by atoms with Crippen LogP contribution in [0.2, 0.25) is 0 Å². The zero-order chi connectivity index (χ0) is 8.84. The van der Waals surface area contributed by atoms with Gasteiger partial charge >= 0.3 is 0 Å². The molecule has 3 fully saturated rings. The van der Waals surface area contributed by atoms with Gasteiger partial charge in [0.1, 0.15) is 0 Å². The van der Waals surface area contributed by atoms with E-state index in [0.717, 1.165) is 17.9 Å². The van der Waals surface area contributed by atoms with Crippen LogP contribution in [0.5, 0.6) is 0 Å². The molecule has 2 N–H and O–H groups in total. The highest BCUT2D eigenvalue weighted by Crippen LogP contribution is 2.45. The Morgan fingerprint density at radius 3 is 2.54 bits per heavy atom. The first-order valence-electron chi connectivity index (χ1n) is 5.73. The van der Waals surface area contributed by atoms with Crippen molar-refractivity contribution >= 4 is 0 Å². The van der Waals surface area contributed by atoms with Gasteiger partial charge in [-0.05, 0) is 43.4 Å². The van der Waals surface area contributed by atoms with E-state index >= 15 is 0 Å². The number of hydrogen-bond donors (Lipinski definition) is 2. The Kier molecular flexibility index (Phi) is 1.88. The summed E-state index contributed by atoms with van der Waals surface area (Å²) in [6.45, 7) is 0.387. The third kappa shape index (κ3) is 1.40. The van der Waals surface area contributed by atoms with Crippen LogP contribution in [0.15, 0.2) is 0 Å². The van der Waals surface area contributed by atoms with Crippen LogP contribution < -0.4 is 5.32 Å². The average molecular weight is 181 g/mol. The normalized spacial score (nSPS) is 52.8. The molecule has 0 saturated heterocycles. The van der Waals surface area contributed by atoms with Gasteiger partial charge in [0, 0.05) is 18.7 Å². The van der Waals surface area contributed by atoms with E-state index in [4.69, 9.17) is 5.11 Å². The molecular weight excluding hydrogens is 162 g/mol. The van der Waals surface area contributed by atoms with E-state index in [1.807, 2.05) is 0 Å². The first kappa shape index (κ1) is 8.25. The van der Waals surface area contributed by atoms with E-state index in [2.05, 4.69) is 5.32 Å². The lowest BCUT2D eigenvalue weighted by atomic mass is 9.95. The minimum atomic E-state index is 0.387. The summed E-state index contributed by atoms with van der Waals surface area (Å²) in [7, 11) is 0. The van der Waals surface area contributed by atoms with E-state index in [1.54, 1.807) is 0 Å². The van der Waals surface area contributed by atoms with E-state index in [9.17, 15) is 0 Å². The molecule has 3 saturated carbocycles. The fourth-order valence-corrected chi connectivity index (χ4v) is 3.38. The minimum absolute atomic E-state index is 0.387. The fraction of sp³-hybridized carbons (Fsp3) is 1.00. The SMILES string of the molecule is OCC1CC1NC1CC2CCC1C2. The summed E-state index contributed by atoms with van der Waals surface area (Å²) in [6.07, 6.45) is 7.05. The summed E-state index contributed by atoms with van der Waals surface area (Å²) in [4.78, 5) is 0. The van der Waals surface area contributed by atoms with Crippen LogP contribution in [-0.2, 0) is 0 Å². The minimum Gasteiger partial charge on any atom is -0.396 e. The van der Waals surface area contributed by atoms with Crippen molar-refractivity contribution in [3.05, 3.63) is 0 Å². The Morgan fingerprint density at radius 2 is 2.00 bits per heavy atom. The highest BCUT2D eigenvalue weighted by atomic mass is 16.3. The van der Waals surface area contributed by atoms with E-state index < -0.39 is 0 Å². The molecule has 74 valence electrons. The average Bonchev–Trinajstić information content (AvgIpc) is 2.58. The predicted molar refractivity (Wildman–Crippen MR) is 51.4 cm³/mol. The van der Waals surface area contributed by atoms with Crippen LogP contribution in [0, 0.1) is 17.8 Å². The molecular formula is C11H19NO. The van der Waals surface area contributed by atoms with Crippen LogP contribution in [0.1, 0.15) is 32.1 Å². The molecule has 2 nitrogen and oxygen atoms in total. The van der Waals surface area contributed by atoms with Gasteiger partial charge in [0.2, 0.25) is 0 Å². The van der Waals surface area contributed by atoms with Crippen molar-refractivity contribution in [3.63, 3.8) is 0 Å². The molecule has 0 aromatic rings. The Labute approximate surface area is 79.7 Å². The first-order chi connectivity index (χ1) is 6.36. The molecule has 3 aliphatic carbocycles. The van der Waals surface area contributed by atoms with Gasteiger partial charge < -0.3 is 10.4 Å². The topological polar surface area (TPSA) is 32.3 Å². The Balaban J connectivity index is 1.52. The molecule has 2 bridgehead atoms. The molecule has 0 aromatic carbocycles. The molecule has 3 aliphatic rings. The molecule has 3 rings (SSSR count). The lowest BCUT2D eigenvalue weighted by Crippen LogP contribution is -2.36. The summed E-state index contributed by atoms with van der Waals surface area (Å²) in [5, 5.41) is 12.7. The van der Waals surface area contributed by atoms with Crippen molar-refractivity contribution in [1.29, 1.82) is 0 Å². The van der Waals surface area contributed by atoms with Crippen LogP contribution >= 0.6 is 0 Å². The molecule has 0 aliphatic heterocycles. The summed E-state index contributed by atoms with van der Waals surface area (Å²) in [5.41, 5.74) is 0. The summed E-state index contributed by atoms with van der Waals surface area (Å²) >= 11 is 0. The van der Waals surface area contributed by atoms with Gasteiger partial charge in [-0.1, -0.05) is 6.42 Å². The number of aliphatic hydroxyl groups is 1. The Bertz CT molecular complexity index is 206. The van der Waals surface area contributed by atoms with E-state index in [1.165, 1.54) is 32.1 Å². The zero-order valence-corrected chi connectivity index (χ0v) is 8.08. The van der Waals surface area contributed by atoms with Crippen molar-refractivity contribution in [3.8, 4) is 0 Å². The maximum atomic E-state index is 8.94. The number of fused-ring (bicyclic) bond motifs is 2. The predicted octanol–water partition coefficient (Wildman–Crippen LogP) is 1.15. The van der Waals surface area contributed by atoms with E-state index in [0.29, 0.717) is 18.6 Å². The smallest absolute Gasteiger partial charge is 0.0474 e. The first-order valence-corrected chi connectivity index (χ1v) is 5.73. The van der Waals surface area contributed by atoms with Gasteiger partial charge in [0.05, 0.1) is 0 Å². The zero-order valence-electron chi connectivity index (χ0n) is 8.08. The lowest BCUT2D eigenvalue weighted by molar-refractivity contribution is 0.263. The Hall–Kier alpha value is -0.0800. The standard InChI is InChI=1S/C11H19NO/c13-6-9-5-11(9)12-10-4-7-1-2-8(10)3-7/h7-13H,1-6H2. The summed E-state index contributed by atoms with van der Waals surface area (Å²) < 4.78 is 0. The number of aliphatic hydroxyl groups excluding tert-OH is 1. The molecule has 0 aromatic heterocycles. The molecule has 0 spiro atoms. The molecule has 0 radical (unpaired) electrons. The van der Waals surface area contributed by atoms with Gasteiger partial charge in [-0.3, -0.25) is 0 Å². The second-order valence-electron chi connectivity index (χ2n) is 5.23. The van der Waals surface area contributed by atoms with Gasteiger partial charge in [0.15, 0.2) is 0 Å². The second-order valence-corrected chi connectivity index (χ2v) is 5.23. The largest absolute Gasteiger partial charge is 0.396 e. The maximum Gasteiger partial charge on any atom is 0.0474 e. The quantitative estimate of drug-likeness (QED) is 0.684. The maximum absolute atomic E-state index is 8.94. The lowest BCUT2D eigenvalue weighted by Gasteiger charge is -2.23. The summed E-state index contributed by atoms with van der Waals surface area (Å²) in [5.74, 6) is 2.60. The van der Waals surface area contributed by atoms with Gasteiger partial charge in [-0.15, -0.1) is 0 Å². The van der Waals surface area contributed by atoms with Crippen LogP contribution in [0.25, 0.3) is 0 Å². The molecule has 5 atom stereocenters. The van der Waals surface area contributed by atoms with Crippen LogP contribution in [-0.4, -0.2) is 23.8 Å². The number of rotatable bonds is 3. The van der Waals surface area contributed by atoms with Gasteiger partial charge in [0.25, 0.3) is 0 Å². The monoisotopic (exact) mass is 181 g/mol. The summed E-state index contributed by atoms with van der Waals surface area (Å²) in [6, 6.07) is 1.47. The number of nitrogens with one attached hydrogen (secondary N) is 1. The highest BCUT2D eigenvalue weighted by molar-refractivity contribution is 5.00. The van der Waals surface area contributed by atoms with Gasteiger partial charge in [-0.2, -0.15) is 0 Å². The van der Waals surface area contributed by atoms with Crippen LogP contribution in [0.3, 0.4) is 0 Å². The number of hydrogen-bond acceptors (Lipinski definition) is 2. The molecule has 2 heteroatoms. The van der Waals surface area contributed by atoms with Gasteiger partial charge in [-0.25, -0.2) is 0 Å². The van der Waals surface area contributed by atoms with Crippen molar-refractivity contribution in [2.45, 2.75) is 44.2 Å². The highest BCUT2D eigenvalue weighted by Gasteiger charge is 2.44. The molecule has 13 heavy (non-hydrogen) atoms. The van der Waals surface area contributed by atoms with Crippen molar-refractivity contribution in [2.24, 2.45) is 17.8 Å². The van der Waals surface area contributed by atoms with Crippen molar-refractivity contribution in [1.82, 2.24) is 5.32 Å². The molecule has 0 heterocycles. The third-order valence-electron chi connectivity index (χ3n) is 4.32. The molecule has 0 amide bonds. The Morgan fingerprint density at radius 1 is 1.08 bits per heavy atom. The van der Waals surface area contributed by atoms with Crippen molar-refractivity contribution in [2.75, 3.05) is 6.61 Å². The fourth-order valence-electron chi connectivity index (χ4n) is 3.38. The van der Waals surface area contributed by atoms with Crippen LogP contribution in [0.4, 0.5) is 0 Å². The second kappa shape index (κ2) is 2.96. The third-order valence-corrected chi connectivity index (χ3v) is 4.32. The van der Waals surface area contributed by atoms with Crippen molar-refractivity contribution < 1.29 is 5.11 Å². The molecule has 5 unspecified atom stereocenters.